The Morgan fingerprint density at radius 2 is 1.83 bits per heavy atom. The third-order valence-electron chi connectivity index (χ3n) is 3.97. The Hall–Kier alpha value is -1.61. The first-order valence-corrected chi connectivity index (χ1v) is 6.60. The first-order valence-electron chi connectivity index (χ1n) is 6.60. The van der Waals surface area contributed by atoms with Gasteiger partial charge < -0.3 is 5.43 Å². The van der Waals surface area contributed by atoms with Gasteiger partial charge in [0, 0.05) is 11.1 Å². The minimum absolute atomic E-state index is 1.08. The molecular formula is C15H19N3. The molecule has 3 heteroatoms. The predicted octanol–water partition coefficient (Wildman–Crippen LogP) is 3.02. The minimum Gasteiger partial charge on any atom is -0.323 e. The summed E-state index contributed by atoms with van der Waals surface area (Å²) < 4.78 is 0. The van der Waals surface area contributed by atoms with Crippen molar-refractivity contribution < 1.29 is 0 Å². The Balaban J connectivity index is 2.44. The summed E-state index contributed by atoms with van der Waals surface area (Å²) in [6, 6.07) is 4.29. The Labute approximate surface area is 107 Å². The average molecular weight is 241 g/mol. The van der Waals surface area contributed by atoms with E-state index in [1.54, 1.807) is 0 Å². The number of nitrogens with zero attached hydrogens (tertiary/aromatic N) is 1. The second-order valence-electron chi connectivity index (χ2n) is 5.19. The number of aromatic nitrogens is 1. The number of hydrogen-bond acceptors (Lipinski definition) is 3. The van der Waals surface area contributed by atoms with Gasteiger partial charge in [0.05, 0.1) is 11.2 Å². The molecule has 1 aromatic heterocycles. The van der Waals surface area contributed by atoms with Crippen molar-refractivity contribution in [3.05, 3.63) is 34.5 Å². The molecule has 3 N–H and O–H groups in total. The summed E-state index contributed by atoms with van der Waals surface area (Å²) in [4.78, 5) is 4.89. The molecule has 0 saturated heterocycles. The summed E-state index contributed by atoms with van der Waals surface area (Å²) in [5.41, 5.74) is 10.1. The van der Waals surface area contributed by atoms with Gasteiger partial charge in [0.25, 0.3) is 0 Å². The quantitative estimate of drug-likeness (QED) is 0.596. The third-order valence-corrected chi connectivity index (χ3v) is 3.97. The number of rotatable bonds is 1. The molecule has 0 spiro atoms. The van der Waals surface area contributed by atoms with E-state index in [0.717, 1.165) is 24.0 Å². The van der Waals surface area contributed by atoms with Crippen LogP contribution in [-0.4, -0.2) is 4.98 Å². The molecule has 1 aliphatic carbocycles. The molecule has 0 atom stereocenters. The van der Waals surface area contributed by atoms with Gasteiger partial charge in [0.15, 0.2) is 0 Å². The lowest BCUT2D eigenvalue weighted by Gasteiger charge is -2.21. The number of nitrogens with one attached hydrogen (secondary N) is 1. The fourth-order valence-electron chi connectivity index (χ4n) is 2.98. The fourth-order valence-corrected chi connectivity index (χ4v) is 2.98. The maximum absolute atomic E-state index is 5.78. The van der Waals surface area contributed by atoms with Crippen LogP contribution in [0.1, 0.15) is 35.2 Å². The number of benzene rings is 1. The number of nitrogens with two attached hydrogens (primary N) is 1. The number of nitrogen functional groups attached to an aromatic ring is 1. The standard InChI is InChI=1S/C15H19N3/c1-9-7-8-10(2)14-13(9)15(18-16)11-5-3-4-6-12(11)17-14/h7-8H,3-6,16H2,1-2H3,(H,17,18). The molecular weight excluding hydrogens is 222 g/mol. The van der Waals surface area contributed by atoms with Crippen molar-refractivity contribution in [2.24, 2.45) is 5.84 Å². The van der Waals surface area contributed by atoms with E-state index in [1.807, 2.05) is 0 Å². The highest BCUT2D eigenvalue weighted by Crippen LogP contribution is 2.35. The second-order valence-corrected chi connectivity index (χ2v) is 5.19. The van der Waals surface area contributed by atoms with Crippen molar-refractivity contribution in [2.75, 3.05) is 5.43 Å². The van der Waals surface area contributed by atoms with Gasteiger partial charge in [-0.15, -0.1) is 0 Å². The summed E-state index contributed by atoms with van der Waals surface area (Å²) in [6.07, 6.45) is 4.64. The van der Waals surface area contributed by atoms with E-state index in [2.05, 4.69) is 31.4 Å². The van der Waals surface area contributed by atoms with Crippen molar-refractivity contribution in [2.45, 2.75) is 39.5 Å². The summed E-state index contributed by atoms with van der Waals surface area (Å²) in [5, 5.41) is 1.19. The number of aryl methyl sites for hydroxylation is 3. The van der Waals surface area contributed by atoms with Crippen LogP contribution in [0.4, 0.5) is 5.69 Å². The molecule has 0 aliphatic heterocycles. The van der Waals surface area contributed by atoms with E-state index in [0.29, 0.717) is 0 Å². The van der Waals surface area contributed by atoms with Gasteiger partial charge >= 0.3 is 0 Å². The van der Waals surface area contributed by atoms with Crippen molar-refractivity contribution in [1.82, 2.24) is 4.98 Å². The number of fused-ring (bicyclic) bond motifs is 2. The van der Waals surface area contributed by atoms with E-state index < -0.39 is 0 Å². The fraction of sp³-hybridized carbons (Fsp3) is 0.400. The molecule has 1 aromatic carbocycles. The van der Waals surface area contributed by atoms with Crippen LogP contribution in [0.5, 0.6) is 0 Å². The first-order chi connectivity index (χ1) is 8.72. The minimum atomic E-state index is 1.08. The molecule has 3 nitrogen and oxygen atoms in total. The highest BCUT2D eigenvalue weighted by atomic mass is 15.2. The molecule has 1 heterocycles. The van der Waals surface area contributed by atoms with Crippen LogP contribution in [0.3, 0.4) is 0 Å². The number of pyridine rings is 1. The Morgan fingerprint density at radius 1 is 1.11 bits per heavy atom. The van der Waals surface area contributed by atoms with Crippen molar-refractivity contribution in [3.8, 4) is 0 Å². The Kier molecular flexibility index (Phi) is 2.71. The van der Waals surface area contributed by atoms with Gasteiger partial charge in [-0.3, -0.25) is 10.8 Å². The van der Waals surface area contributed by atoms with Crippen LogP contribution < -0.4 is 11.3 Å². The van der Waals surface area contributed by atoms with E-state index in [1.165, 1.54) is 40.6 Å². The van der Waals surface area contributed by atoms with E-state index >= 15 is 0 Å². The summed E-state index contributed by atoms with van der Waals surface area (Å²) >= 11 is 0. The molecule has 0 fully saturated rings. The van der Waals surface area contributed by atoms with Gasteiger partial charge in [-0.1, -0.05) is 12.1 Å². The van der Waals surface area contributed by atoms with Gasteiger partial charge in [-0.2, -0.15) is 0 Å². The lowest BCUT2D eigenvalue weighted by atomic mass is 9.91. The molecule has 0 bridgehead atoms. The van der Waals surface area contributed by atoms with Crippen molar-refractivity contribution in [1.29, 1.82) is 0 Å². The van der Waals surface area contributed by atoms with Crippen molar-refractivity contribution >= 4 is 16.6 Å². The molecule has 18 heavy (non-hydrogen) atoms. The normalized spacial score (nSPS) is 14.6. The lowest BCUT2D eigenvalue weighted by Crippen LogP contribution is -2.15. The molecule has 94 valence electrons. The number of hydrazine groups is 1. The van der Waals surface area contributed by atoms with E-state index in [9.17, 15) is 0 Å². The number of anilines is 1. The summed E-state index contributed by atoms with van der Waals surface area (Å²) in [5.74, 6) is 5.78. The van der Waals surface area contributed by atoms with Gasteiger partial charge in [-0.25, -0.2) is 0 Å². The van der Waals surface area contributed by atoms with E-state index in [4.69, 9.17) is 10.8 Å². The first kappa shape index (κ1) is 11.5. The average Bonchev–Trinajstić information content (AvgIpc) is 2.41. The monoisotopic (exact) mass is 241 g/mol. The zero-order valence-electron chi connectivity index (χ0n) is 11.0. The van der Waals surface area contributed by atoms with Crippen molar-refractivity contribution in [3.63, 3.8) is 0 Å². The molecule has 0 amide bonds. The molecule has 0 radical (unpaired) electrons. The maximum atomic E-state index is 5.78. The topological polar surface area (TPSA) is 50.9 Å². The van der Waals surface area contributed by atoms with Crippen LogP contribution in [0.15, 0.2) is 12.1 Å². The van der Waals surface area contributed by atoms with Crippen LogP contribution >= 0.6 is 0 Å². The highest BCUT2D eigenvalue weighted by Gasteiger charge is 2.19. The lowest BCUT2D eigenvalue weighted by molar-refractivity contribution is 0.672. The smallest absolute Gasteiger partial charge is 0.0758 e. The highest BCUT2D eigenvalue weighted by molar-refractivity contribution is 5.97. The van der Waals surface area contributed by atoms with Gasteiger partial charge in [0.2, 0.25) is 0 Å². The molecule has 2 aromatic rings. The largest absolute Gasteiger partial charge is 0.323 e. The molecule has 1 aliphatic rings. The SMILES string of the molecule is Cc1ccc(C)c2c(NN)c3c(nc12)CCCC3. The molecule has 3 rings (SSSR count). The summed E-state index contributed by atoms with van der Waals surface area (Å²) in [6.45, 7) is 4.24. The van der Waals surface area contributed by atoms with Crippen LogP contribution in [0.25, 0.3) is 10.9 Å². The maximum Gasteiger partial charge on any atom is 0.0758 e. The van der Waals surface area contributed by atoms with E-state index in [-0.39, 0.29) is 0 Å². The van der Waals surface area contributed by atoms with Crippen LogP contribution in [0.2, 0.25) is 0 Å². The molecule has 0 unspecified atom stereocenters. The Morgan fingerprint density at radius 3 is 2.61 bits per heavy atom. The Bertz CT molecular complexity index is 617. The zero-order valence-corrected chi connectivity index (χ0v) is 11.0. The van der Waals surface area contributed by atoms with Crippen LogP contribution in [0, 0.1) is 13.8 Å². The van der Waals surface area contributed by atoms with Gasteiger partial charge in [0.1, 0.15) is 0 Å². The molecule has 0 saturated carbocycles. The van der Waals surface area contributed by atoms with Crippen LogP contribution in [-0.2, 0) is 12.8 Å². The third kappa shape index (κ3) is 1.58. The zero-order chi connectivity index (χ0) is 12.7. The van der Waals surface area contributed by atoms with Gasteiger partial charge in [-0.05, 0) is 56.2 Å². The predicted molar refractivity (Wildman–Crippen MR) is 75.7 cm³/mol. The number of hydrogen-bond donors (Lipinski definition) is 2. The summed E-state index contributed by atoms with van der Waals surface area (Å²) in [7, 11) is 0. The second kappa shape index (κ2) is 4.25.